The molecule has 13 heteroatoms. The van der Waals surface area contributed by atoms with Gasteiger partial charge in [-0.3, -0.25) is 9.59 Å². The van der Waals surface area contributed by atoms with Gasteiger partial charge in [-0.25, -0.2) is 13.2 Å². The minimum Gasteiger partial charge on any atom is -0.497 e. The fourth-order valence-electron chi connectivity index (χ4n) is 4.62. The van der Waals surface area contributed by atoms with Crippen LogP contribution >= 0.6 is 11.3 Å². The third-order valence-electron chi connectivity index (χ3n) is 6.72. The molecule has 0 unspecified atom stereocenters. The SMILES string of the molecule is CCOC(=O)c1nn(-c2cccc(OC)c2)c(=O)c2c(NC(=O)c3ccc(S(=O)(=O)N4CCCCC4)cc3)scc12. The maximum Gasteiger partial charge on any atom is 0.359 e. The van der Waals surface area contributed by atoms with Crippen molar-refractivity contribution in [3.63, 3.8) is 0 Å². The lowest BCUT2D eigenvalue weighted by Crippen LogP contribution is -2.35. The van der Waals surface area contributed by atoms with Crippen LogP contribution in [-0.2, 0) is 14.8 Å². The molecule has 0 radical (unpaired) electrons. The van der Waals surface area contributed by atoms with Crippen LogP contribution < -0.4 is 15.6 Å². The van der Waals surface area contributed by atoms with E-state index in [2.05, 4.69) is 10.4 Å². The zero-order chi connectivity index (χ0) is 29.1. The standard InChI is InChI=1S/C28H28N4O7S2/c1-3-39-28(35)24-22-17-40-26(23(22)27(34)32(30-24)19-8-7-9-20(16-19)38-2)29-25(33)18-10-12-21(13-11-18)41(36,37)31-14-5-4-6-15-31/h7-13,16-17H,3-6,14-15H2,1-2H3,(H,29,33). The van der Waals surface area contributed by atoms with Crippen LogP contribution in [-0.4, -0.2) is 61.2 Å². The zero-order valence-electron chi connectivity index (χ0n) is 22.5. The maximum atomic E-state index is 13.7. The molecule has 5 rings (SSSR count). The van der Waals surface area contributed by atoms with Crippen molar-refractivity contribution in [2.24, 2.45) is 0 Å². The molecule has 1 N–H and O–H groups in total. The zero-order valence-corrected chi connectivity index (χ0v) is 24.1. The minimum atomic E-state index is -3.64. The number of hydrogen-bond acceptors (Lipinski definition) is 9. The summed E-state index contributed by atoms with van der Waals surface area (Å²) in [6, 6.07) is 12.3. The van der Waals surface area contributed by atoms with Crippen LogP contribution in [0.4, 0.5) is 5.00 Å². The second kappa shape index (κ2) is 11.8. The third-order valence-corrected chi connectivity index (χ3v) is 9.52. The average molecular weight is 597 g/mol. The molecular formula is C28H28N4O7S2. The molecule has 1 amide bonds. The van der Waals surface area contributed by atoms with Crippen LogP contribution in [0.3, 0.4) is 0 Å². The predicted molar refractivity (Wildman–Crippen MR) is 155 cm³/mol. The molecular weight excluding hydrogens is 568 g/mol. The number of esters is 1. The highest BCUT2D eigenvalue weighted by Crippen LogP contribution is 2.31. The Labute approximate surface area is 240 Å². The fraction of sp³-hybridized carbons (Fsp3) is 0.286. The summed E-state index contributed by atoms with van der Waals surface area (Å²) in [4.78, 5) is 39.8. The van der Waals surface area contributed by atoms with E-state index in [4.69, 9.17) is 9.47 Å². The second-order valence-corrected chi connectivity index (χ2v) is 12.1. The fourth-order valence-corrected chi connectivity index (χ4v) is 7.07. The van der Waals surface area contributed by atoms with E-state index >= 15 is 0 Å². The molecule has 1 saturated heterocycles. The first-order chi connectivity index (χ1) is 19.7. The lowest BCUT2D eigenvalue weighted by atomic mass is 10.2. The van der Waals surface area contributed by atoms with Crippen LogP contribution in [0.2, 0.25) is 0 Å². The second-order valence-electron chi connectivity index (χ2n) is 9.28. The molecule has 1 aliphatic heterocycles. The number of anilines is 1. The van der Waals surface area contributed by atoms with E-state index in [0.29, 0.717) is 24.5 Å². The van der Waals surface area contributed by atoms with Crippen molar-refractivity contribution in [1.29, 1.82) is 0 Å². The van der Waals surface area contributed by atoms with Crippen molar-refractivity contribution >= 4 is 49.0 Å². The van der Waals surface area contributed by atoms with Crippen LogP contribution in [0, 0.1) is 0 Å². The number of thiophene rings is 1. The Bertz CT molecular complexity index is 1770. The third kappa shape index (κ3) is 5.60. The Kier molecular flexibility index (Phi) is 8.20. The summed E-state index contributed by atoms with van der Waals surface area (Å²) in [5, 5.41) is 9.15. The Morgan fingerprint density at radius 1 is 1.07 bits per heavy atom. The summed E-state index contributed by atoms with van der Waals surface area (Å²) in [5.41, 5.74) is -0.0677. The van der Waals surface area contributed by atoms with E-state index in [-0.39, 0.29) is 38.5 Å². The highest BCUT2D eigenvalue weighted by Gasteiger charge is 2.27. The largest absolute Gasteiger partial charge is 0.497 e. The lowest BCUT2D eigenvalue weighted by Gasteiger charge is -2.25. The van der Waals surface area contributed by atoms with E-state index in [1.807, 2.05) is 0 Å². The van der Waals surface area contributed by atoms with Gasteiger partial charge in [0.05, 0.1) is 29.7 Å². The highest BCUT2D eigenvalue weighted by molar-refractivity contribution is 7.89. The maximum absolute atomic E-state index is 13.7. The van der Waals surface area contributed by atoms with Gasteiger partial charge in [0.1, 0.15) is 10.8 Å². The number of carbonyl (C=O) groups excluding carboxylic acids is 2. The molecule has 2 aromatic heterocycles. The normalized spacial score (nSPS) is 14.1. The summed E-state index contributed by atoms with van der Waals surface area (Å²) in [7, 11) is -2.15. The Balaban J connectivity index is 1.50. The number of amides is 1. The number of benzene rings is 2. The summed E-state index contributed by atoms with van der Waals surface area (Å²) in [5.74, 6) is -0.772. The minimum absolute atomic E-state index is 0.0757. The Morgan fingerprint density at radius 3 is 2.49 bits per heavy atom. The summed E-state index contributed by atoms with van der Waals surface area (Å²) in [6.45, 7) is 2.73. The smallest absolute Gasteiger partial charge is 0.359 e. The molecule has 0 bridgehead atoms. The van der Waals surface area contributed by atoms with Gasteiger partial charge in [0.15, 0.2) is 5.69 Å². The van der Waals surface area contributed by atoms with E-state index in [0.717, 1.165) is 35.3 Å². The van der Waals surface area contributed by atoms with Gasteiger partial charge in [0.25, 0.3) is 11.5 Å². The molecule has 1 fully saturated rings. The number of ether oxygens (including phenoxy) is 2. The van der Waals surface area contributed by atoms with E-state index in [1.165, 1.54) is 35.7 Å². The lowest BCUT2D eigenvalue weighted by molar-refractivity contribution is 0.0519. The Hall–Kier alpha value is -4.07. The summed E-state index contributed by atoms with van der Waals surface area (Å²) >= 11 is 1.07. The summed E-state index contributed by atoms with van der Waals surface area (Å²) in [6.07, 6.45) is 2.65. The van der Waals surface area contributed by atoms with Gasteiger partial charge >= 0.3 is 5.97 Å². The monoisotopic (exact) mass is 596 g/mol. The van der Waals surface area contributed by atoms with Gasteiger partial charge in [-0.05, 0) is 56.2 Å². The number of piperidine rings is 1. The van der Waals surface area contributed by atoms with Crippen molar-refractivity contribution < 1.29 is 27.5 Å². The number of carbonyl (C=O) groups is 2. The first kappa shape index (κ1) is 28.5. The van der Waals surface area contributed by atoms with Crippen molar-refractivity contribution in [1.82, 2.24) is 14.1 Å². The van der Waals surface area contributed by atoms with Crippen molar-refractivity contribution in [2.75, 3.05) is 32.1 Å². The van der Waals surface area contributed by atoms with Gasteiger partial charge in [-0.1, -0.05) is 12.5 Å². The number of sulfonamides is 1. The molecule has 4 aromatic rings. The molecule has 41 heavy (non-hydrogen) atoms. The topological polar surface area (TPSA) is 137 Å². The average Bonchev–Trinajstić information content (AvgIpc) is 3.42. The van der Waals surface area contributed by atoms with Crippen molar-refractivity contribution in [2.45, 2.75) is 31.1 Å². The van der Waals surface area contributed by atoms with E-state index < -0.39 is 27.5 Å². The molecule has 3 heterocycles. The molecule has 214 valence electrons. The first-order valence-corrected chi connectivity index (χ1v) is 15.3. The first-order valence-electron chi connectivity index (χ1n) is 13.0. The van der Waals surface area contributed by atoms with E-state index in [1.54, 1.807) is 36.6 Å². The molecule has 0 atom stereocenters. The van der Waals surface area contributed by atoms with Gasteiger partial charge in [0.2, 0.25) is 10.0 Å². The molecule has 1 aliphatic rings. The molecule has 0 saturated carbocycles. The van der Waals surface area contributed by atoms with Gasteiger partial charge in [-0.2, -0.15) is 14.1 Å². The number of rotatable bonds is 8. The van der Waals surface area contributed by atoms with E-state index in [9.17, 15) is 22.8 Å². The number of hydrogen-bond donors (Lipinski definition) is 1. The van der Waals surface area contributed by atoms with Gasteiger partial charge < -0.3 is 14.8 Å². The van der Waals surface area contributed by atoms with Crippen LogP contribution in [0.25, 0.3) is 16.5 Å². The molecule has 0 spiro atoms. The molecule has 0 aliphatic carbocycles. The van der Waals surface area contributed by atoms with Crippen LogP contribution in [0.5, 0.6) is 5.75 Å². The van der Waals surface area contributed by atoms with Crippen molar-refractivity contribution in [3.05, 3.63) is 75.5 Å². The van der Waals surface area contributed by atoms with Gasteiger partial charge in [-0.15, -0.1) is 11.3 Å². The summed E-state index contributed by atoms with van der Waals surface area (Å²) < 4.78 is 38.9. The highest BCUT2D eigenvalue weighted by atomic mass is 32.2. The molecule has 11 nitrogen and oxygen atoms in total. The number of nitrogens with zero attached hydrogens (tertiary/aromatic N) is 3. The number of nitrogens with one attached hydrogen (secondary N) is 1. The number of methoxy groups -OCH3 is 1. The Morgan fingerprint density at radius 2 is 1.80 bits per heavy atom. The molecule has 2 aromatic carbocycles. The predicted octanol–water partition coefficient (Wildman–Crippen LogP) is 4.06. The number of fused-ring (bicyclic) bond motifs is 1. The number of aromatic nitrogens is 2. The van der Waals surface area contributed by atoms with Crippen LogP contribution in [0.15, 0.2) is 63.6 Å². The quantitative estimate of drug-likeness (QED) is 0.301. The van der Waals surface area contributed by atoms with Crippen molar-refractivity contribution in [3.8, 4) is 11.4 Å². The van der Waals surface area contributed by atoms with Crippen LogP contribution in [0.1, 0.15) is 47.0 Å². The van der Waals surface area contributed by atoms with Gasteiger partial charge in [0, 0.05) is 35.5 Å².